The Bertz CT molecular complexity index is 615. The van der Waals surface area contributed by atoms with Crippen LogP contribution in [0.1, 0.15) is 31.2 Å². The molecule has 0 bridgehead atoms. The Kier molecular flexibility index (Phi) is 4.55. The predicted molar refractivity (Wildman–Crippen MR) is 87.1 cm³/mol. The molecule has 21 heavy (non-hydrogen) atoms. The molecule has 1 aromatic carbocycles. The fourth-order valence-electron chi connectivity index (χ4n) is 2.67. The normalized spacial score (nSPS) is 18.1. The van der Waals surface area contributed by atoms with Gasteiger partial charge in [0, 0.05) is 12.2 Å². The van der Waals surface area contributed by atoms with Crippen LogP contribution in [-0.2, 0) is 4.79 Å². The maximum Gasteiger partial charge on any atom is 0.237 e. The highest BCUT2D eigenvalue weighted by Gasteiger charge is 2.24. The first-order valence-corrected chi connectivity index (χ1v) is 8.90. The maximum absolute atomic E-state index is 12.6. The van der Waals surface area contributed by atoms with Crippen molar-refractivity contribution >= 4 is 34.7 Å². The Hall–Kier alpha value is -1.40. The summed E-state index contributed by atoms with van der Waals surface area (Å²) < 4.78 is 0.847. The van der Waals surface area contributed by atoms with Crippen LogP contribution in [0.2, 0.25) is 0 Å². The van der Waals surface area contributed by atoms with E-state index in [2.05, 4.69) is 35.3 Å². The van der Waals surface area contributed by atoms with Crippen LogP contribution in [0.3, 0.4) is 0 Å². The molecule has 1 aliphatic rings. The van der Waals surface area contributed by atoms with Crippen LogP contribution < -0.4 is 4.90 Å². The van der Waals surface area contributed by atoms with E-state index < -0.39 is 0 Å². The van der Waals surface area contributed by atoms with E-state index in [1.807, 2.05) is 11.0 Å². The van der Waals surface area contributed by atoms with Gasteiger partial charge in [-0.1, -0.05) is 48.2 Å². The molecule has 0 unspecified atom stereocenters. The predicted octanol–water partition coefficient (Wildman–Crippen LogP) is 3.56. The van der Waals surface area contributed by atoms with Crippen molar-refractivity contribution in [3.63, 3.8) is 0 Å². The number of carbonyl (C=O) groups excluding carboxylic acids is 1. The molecule has 0 aliphatic carbocycles. The van der Waals surface area contributed by atoms with E-state index >= 15 is 0 Å². The Morgan fingerprint density at radius 3 is 3.14 bits per heavy atom. The molecule has 2 heterocycles. The number of benzene rings is 1. The molecule has 0 saturated carbocycles. The SMILES string of the molecule is C[C@@H]1CCCN(C(=O)CSc2nncs2)c2ccccc21. The molecule has 0 fully saturated rings. The molecule has 1 aromatic heterocycles. The molecule has 0 spiro atoms. The summed E-state index contributed by atoms with van der Waals surface area (Å²) in [5.41, 5.74) is 4.05. The zero-order valence-corrected chi connectivity index (χ0v) is 13.5. The number of hydrogen-bond donors (Lipinski definition) is 0. The van der Waals surface area contributed by atoms with Crippen LogP contribution in [-0.4, -0.2) is 28.4 Å². The van der Waals surface area contributed by atoms with Gasteiger partial charge in [-0.15, -0.1) is 10.2 Å². The number of amides is 1. The topological polar surface area (TPSA) is 46.1 Å². The molecule has 1 aliphatic heterocycles. The molecule has 1 amide bonds. The third-order valence-electron chi connectivity index (χ3n) is 3.74. The molecule has 6 heteroatoms. The number of thioether (sulfide) groups is 1. The number of hydrogen-bond acceptors (Lipinski definition) is 5. The van der Waals surface area contributed by atoms with Gasteiger partial charge in [0.1, 0.15) is 5.51 Å². The highest BCUT2D eigenvalue weighted by atomic mass is 32.2. The zero-order chi connectivity index (χ0) is 14.7. The lowest BCUT2D eigenvalue weighted by molar-refractivity contribution is -0.116. The fraction of sp³-hybridized carbons (Fsp3) is 0.400. The Labute approximate surface area is 132 Å². The molecule has 110 valence electrons. The Morgan fingerprint density at radius 1 is 1.48 bits per heavy atom. The van der Waals surface area contributed by atoms with Gasteiger partial charge in [0.25, 0.3) is 0 Å². The lowest BCUT2D eigenvalue weighted by Gasteiger charge is -2.23. The van der Waals surface area contributed by atoms with E-state index in [0.717, 1.165) is 29.4 Å². The van der Waals surface area contributed by atoms with E-state index in [0.29, 0.717) is 11.7 Å². The van der Waals surface area contributed by atoms with Crippen LogP contribution >= 0.6 is 23.1 Å². The number of fused-ring (bicyclic) bond motifs is 1. The molecule has 0 radical (unpaired) electrons. The van der Waals surface area contributed by atoms with E-state index in [9.17, 15) is 4.79 Å². The monoisotopic (exact) mass is 319 g/mol. The molecular weight excluding hydrogens is 302 g/mol. The number of para-hydroxylation sites is 1. The summed E-state index contributed by atoms with van der Waals surface area (Å²) in [6.07, 6.45) is 2.18. The van der Waals surface area contributed by atoms with Gasteiger partial charge >= 0.3 is 0 Å². The van der Waals surface area contributed by atoms with Gasteiger partial charge in [0.05, 0.1) is 5.75 Å². The van der Waals surface area contributed by atoms with Crippen molar-refractivity contribution in [1.29, 1.82) is 0 Å². The van der Waals surface area contributed by atoms with Crippen molar-refractivity contribution in [1.82, 2.24) is 10.2 Å². The van der Waals surface area contributed by atoms with Crippen molar-refractivity contribution < 1.29 is 4.79 Å². The maximum atomic E-state index is 12.6. The van der Waals surface area contributed by atoms with Gasteiger partial charge < -0.3 is 4.90 Å². The third kappa shape index (κ3) is 3.27. The minimum Gasteiger partial charge on any atom is -0.311 e. The fourth-order valence-corrected chi connectivity index (χ4v) is 4.03. The Morgan fingerprint density at radius 2 is 2.33 bits per heavy atom. The summed E-state index contributed by atoms with van der Waals surface area (Å²) in [4.78, 5) is 14.5. The van der Waals surface area contributed by atoms with E-state index in [-0.39, 0.29) is 5.91 Å². The first-order chi connectivity index (χ1) is 10.3. The first kappa shape index (κ1) is 14.5. The second-order valence-electron chi connectivity index (χ2n) is 5.14. The van der Waals surface area contributed by atoms with Gasteiger partial charge in [-0.05, 0) is 30.4 Å². The van der Waals surface area contributed by atoms with Crippen molar-refractivity contribution in [2.45, 2.75) is 30.0 Å². The molecule has 0 N–H and O–H groups in total. The molecule has 1 atom stereocenters. The second-order valence-corrected chi connectivity index (χ2v) is 7.20. The molecular formula is C15H17N3OS2. The minimum atomic E-state index is 0.150. The summed E-state index contributed by atoms with van der Waals surface area (Å²) in [6, 6.07) is 8.27. The van der Waals surface area contributed by atoms with E-state index in [1.165, 1.54) is 28.7 Å². The summed E-state index contributed by atoms with van der Waals surface area (Å²) in [5.74, 6) is 1.07. The molecule has 3 rings (SSSR count). The highest BCUT2D eigenvalue weighted by Crippen LogP contribution is 2.34. The minimum absolute atomic E-state index is 0.150. The quantitative estimate of drug-likeness (QED) is 0.812. The summed E-state index contributed by atoms with van der Waals surface area (Å²) in [6.45, 7) is 3.04. The summed E-state index contributed by atoms with van der Waals surface area (Å²) in [5, 5.41) is 7.77. The Balaban J connectivity index is 1.77. The molecule has 2 aromatic rings. The smallest absolute Gasteiger partial charge is 0.237 e. The third-order valence-corrected chi connectivity index (χ3v) is 5.58. The van der Waals surface area contributed by atoms with Crippen molar-refractivity contribution in [2.24, 2.45) is 0 Å². The van der Waals surface area contributed by atoms with E-state index in [4.69, 9.17) is 0 Å². The van der Waals surface area contributed by atoms with Gasteiger partial charge in [0.2, 0.25) is 5.91 Å². The molecule has 4 nitrogen and oxygen atoms in total. The molecule has 0 saturated heterocycles. The van der Waals surface area contributed by atoms with Crippen LogP contribution in [0.5, 0.6) is 0 Å². The van der Waals surface area contributed by atoms with Gasteiger partial charge in [-0.2, -0.15) is 0 Å². The first-order valence-electron chi connectivity index (χ1n) is 7.04. The average Bonchev–Trinajstić information content (AvgIpc) is 2.96. The van der Waals surface area contributed by atoms with Crippen molar-refractivity contribution in [3.8, 4) is 0 Å². The van der Waals surface area contributed by atoms with Crippen LogP contribution in [0, 0.1) is 0 Å². The van der Waals surface area contributed by atoms with E-state index in [1.54, 1.807) is 5.51 Å². The highest BCUT2D eigenvalue weighted by molar-refractivity contribution is 8.01. The van der Waals surface area contributed by atoms with Crippen LogP contribution in [0.15, 0.2) is 34.1 Å². The number of carbonyl (C=O) groups is 1. The number of anilines is 1. The zero-order valence-electron chi connectivity index (χ0n) is 11.9. The number of rotatable bonds is 3. The van der Waals surface area contributed by atoms with Crippen molar-refractivity contribution in [2.75, 3.05) is 17.2 Å². The largest absolute Gasteiger partial charge is 0.311 e. The van der Waals surface area contributed by atoms with Crippen LogP contribution in [0.25, 0.3) is 0 Å². The lowest BCUT2D eigenvalue weighted by atomic mass is 9.96. The lowest BCUT2D eigenvalue weighted by Crippen LogP contribution is -2.33. The summed E-state index contributed by atoms with van der Waals surface area (Å²) in [7, 11) is 0. The van der Waals surface area contributed by atoms with Crippen molar-refractivity contribution in [3.05, 3.63) is 35.3 Å². The standard InChI is InChI=1S/C15H17N3OS2/c1-11-5-4-8-18(13-7-3-2-6-12(11)13)14(19)9-20-15-17-16-10-21-15/h2-3,6-7,10-11H,4-5,8-9H2,1H3/t11-/m1/s1. The number of aromatic nitrogens is 2. The van der Waals surface area contributed by atoms with Crippen LogP contribution in [0.4, 0.5) is 5.69 Å². The van der Waals surface area contributed by atoms with Gasteiger partial charge in [0.15, 0.2) is 4.34 Å². The van der Waals surface area contributed by atoms with Gasteiger partial charge in [-0.25, -0.2) is 0 Å². The second kappa shape index (κ2) is 6.58. The van der Waals surface area contributed by atoms with Gasteiger partial charge in [-0.3, -0.25) is 4.79 Å². The number of nitrogens with zero attached hydrogens (tertiary/aromatic N) is 3. The average molecular weight is 319 g/mol. The summed E-state index contributed by atoms with van der Waals surface area (Å²) >= 11 is 2.94.